The summed E-state index contributed by atoms with van der Waals surface area (Å²) in [5, 5.41) is 17.8. The molecule has 1 saturated heterocycles. The van der Waals surface area contributed by atoms with E-state index in [1.165, 1.54) is 11.9 Å². The van der Waals surface area contributed by atoms with Gasteiger partial charge in [0.1, 0.15) is 11.6 Å². The summed E-state index contributed by atoms with van der Waals surface area (Å²) in [4.78, 5) is 52.1. The molecule has 1 aliphatic carbocycles. The molecule has 1 saturated carbocycles. The molecule has 2 rings (SSSR count). The molecule has 40 heavy (non-hydrogen) atoms. The quantitative estimate of drug-likeness (QED) is 0.178. The van der Waals surface area contributed by atoms with Gasteiger partial charge in [0.25, 0.3) is 0 Å². The summed E-state index contributed by atoms with van der Waals surface area (Å²) in [7, 11) is -2.02. The Balaban J connectivity index is 1.94. The van der Waals surface area contributed by atoms with Crippen LogP contribution in [0.4, 0.5) is 4.79 Å². The van der Waals surface area contributed by atoms with E-state index in [9.17, 15) is 32.7 Å². The van der Waals surface area contributed by atoms with Crippen LogP contribution in [0.5, 0.6) is 0 Å². The molecule has 2 unspecified atom stereocenters. The molecule has 4 amide bonds. The second kappa shape index (κ2) is 13.8. The number of unbranched alkanes of at least 4 members (excludes halogenated alkanes) is 3. The molecule has 4 atom stereocenters. The Morgan fingerprint density at radius 2 is 1.88 bits per heavy atom. The number of aliphatic carboxylic acids is 1. The number of carbonyl (C=O) groups is 4. The normalized spacial score (nSPS) is 23.7. The minimum absolute atomic E-state index is 0.0539. The highest BCUT2D eigenvalue weighted by Gasteiger charge is 2.61. The number of carboxylic acids is 1. The number of hydrogen-bond donors (Lipinski definition) is 4. The number of hydrogen-bond acceptors (Lipinski definition) is 6. The zero-order valence-corrected chi connectivity index (χ0v) is 25.5. The Morgan fingerprint density at radius 1 is 1.20 bits per heavy atom. The number of likely N-dealkylation sites (N-methyl/N-ethyl adjacent to an activating group) is 1. The molecule has 13 heteroatoms. The summed E-state index contributed by atoms with van der Waals surface area (Å²) >= 11 is 0. The maximum atomic E-state index is 13.1. The number of sulfonamides is 1. The van der Waals surface area contributed by atoms with Crippen molar-refractivity contribution in [1.82, 2.24) is 25.2 Å². The number of amides is 4. The fourth-order valence-electron chi connectivity index (χ4n) is 4.77. The van der Waals surface area contributed by atoms with Gasteiger partial charge in [-0.2, -0.15) is 0 Å². The number of rotatable bonds is 14. The first kappa shape index (κ1) is 33.5. The lowest BCUT2D eigenvalue weighted by atomic mass is 9.87. The molecule has 0 aromatic carbocycles. The highest BCUT2D eigenvalue weighted by atomic mass is 32.2. The van der Waals surface area contributed by atoms with Crippen LogP contribution < -0.4 is 16.0 Å². The van der Waals surface area contributed by atoms with E-state index < -0.39 is 56.9 Å². The first-order valence-corrected chi connectivity index (χ1v) is 15.8. The fraction of sp³-hybridized carbons (Fsp3) is 0.778. The topological polar surface area (TPSA) is 165 Å². The highest BCUT2D eigenvalue weighted by Crippen LogP contribution is 2.45. The lowest BCUT2D eigenvalue weighted by molar-refractivity contribution is -0.145. The van der Waals surface area contributed by atoms with Crippen molar-refractivity contribution in [3.05, 3.63) is 12.2 Å². The van der Waals surface area contributed by atoms with Crippen molar-refractivity contribution in [2.45, 2.75) is 90.3 Å². The number of carbonyl (C=O) groups excluding carboxylic acids is 3. The Morgan fingerprint density at radius 3 is 2.45 bits per heavy atom. The Kier molecular flexibility index (Phi) is 11.6. The molecule has 4 N–H and O–H groups in total. The first-order chi connectivity index (χ1) is 18.5. The number of carboxylic acid groups (broad SMARTS) is 1. The summed E-state index contributed by atoms with van der Waals surface area (Å²) in [5.74, 6) is -2.34. The van der Waals surface area contributed by atoms with Gasteiger partial charge >= 0.3 is 12.0 Å². The van der Waals surface area contributed by atoms with Crippen molar-refractivity contribution in [2.75, 3.05) is 32.9 Å². The largest absolute Gasteiger partial charge is 0.479 e. The van der Waals surface area contributed by atoms with Gasteiger partial charge in [-0.05, 0) is 37.5 Å². The number of likely N-dealkylation sites (tertiary alicyclic amines) is 1. The maximum Gasteiger partial charge on any atom is 0.330 e. The second-order valence-electron chi connectivity index (χ2n) is 12.0. The summed E-state index contributed by atoms with van der Waals surface area (Å²) in [6, 6.07) is -1.98. The van der Waals surface area contributed by atoms with Crippen LogP contribution in [0, 0.1) is 11.3 Å². The zero-order chi connectivity index (χ0) is 30.3. The Bertz CT molecular complexity index is 1070. The summed E-state index contributed by atoms with van der Waals surface area (Å²) in [6.07, 6.45) is 10.3. The fourth-order valence-corrected chi connectivity index (χ4v) is 5.19. The molecule has 2 fully saturated rings. The molecule has 1 aliphatic heterocycles. The lowest BCUT2D eigenvalue weighted by Crippen LogP contribution is -2.56. The molecule has 228 valence electrons. The molecule has 0 aromatic rings. The van der Waals surface area contributed by atoms with Gasteiger partial charge in [-0.25, -0.2) is 22.3 Å². The van der Waals surface area contributed by atoms with Gasteiger partial charge in [-0.3, -0.25) is 9.59 Å². The molecular formula is C27H47N5O7S. The predicted octanol–water partition coefficient (Wildman–Crippen LogP) is 1.68. The van der Waals surface area contributed by atoms with Crippen molar-refractivity contribution in [2.24, 2.45) is 11.3 Å². The van der Waals surface area contributed by atoms with Crippen LogP contribution in [-0.2, 0) is 24.4 Å². The third-order valence-electron chi connectivity index (χ3n) is 7.72. The molecule has 2 aliphatic rings. The van der Waals surface area contributed by atoms with Crippen LogP contribution in [0.3, 0.4) is 0 Å². The predicted molar refractivity (Wildman–Crippen MR) is 152 cm³/mol. The smallest absolute Gasteiger partial charge is 0.330 e. The third kappa shape index (κ3) is 9.18. The standard InChI is InChI=1S/C27H47N5O7S/c1-7-8-9-10-11-13-19-16-27(19,24(35)36)30-23(34)20-14-12-15-32(20)22(33)17-28-25(37)29-21(26(2,3)4)18-31(5)40(6,38)39/h11,13,19-21H,7-10,12,14-18H2,1-6H3,(H,30,34)(H,35,36)(H2,28,29,37)/b13-11-/t19?,20-,21?,27+/m0/s1. The van der Waals surface area contributed by atoms with Crippen LogP contribution >= 0.6 is 0 Å². The molecule has 12 nitrogen and oxygen atoms in total. The third-order valence-corrected chi connectivity index (χ3v) is 9.00. The van der Waals surface area contributed by atoms with E-state index in [-0.39, 0.29) is 19.0 Å². The zero-order valence-electron chi connectivity index (χ0n) is 24.7. The Hall–Kier alpha value is -2.67. The average Bonchev–Trinajstić information content (AvgIpc) is 3.31. The average molecular weight is 586 g/mol. The van der Waals surface area contributed by atoms with Gasteiger partial charge < -0.3 is 26.0 Å². The lowest BCUT2D eigenvalue weighted by Gasteiger charge is -2.34. The van der Waals surface area contributed by atoms with Crippen molar-refractivity contribution >= 4 is 33.8 Å². The second-order valence-corrected chi connectivity index (χ2v) is 14.1. The van der Waals surface area contributed by atoms with Gasteiger partial charge in [0.15, 0.2) is 0 Å². The molecular weight excluding hydrogens is 538 g/mol. The number of urea groups is 1. The maximum absolute atomic E-state index is 13.1. The van der Waals surface area contributed by atoms with E-state index in [1.807, 2.05) is 32.9 Å². The number of nitrogens with one attached hydrogen (secondary N) is 3. The minimum atomic E-state index is -3.45. The summed E-state index contributed by atoms with van der Waals surface area (Å²) in [5.41, 5.74) is -1.82. The Labute approximate surface area is 238 Å². The molecule has 0 radical (unpaired) electrons. The summed E-state index contributed by atoms with van der Waals surface area (Å²) in [6.45, 7) is 7.73. The number of allylic oxidation sites excluding steroid dienone is 1. The van der Waals surface area contributed by atoms with Crippen LogP contribution in [0.25, 0.3) is 0 Å². The van der Waals surface area contributed by atoms with Gasteiger partial charge in [0.05, 0.1) is 12.8 Å². The van der Waals surface area contributed by atoms with Crippen LogP contribution in [-0.4, -0.2) is 97.1 Å². The molecule has 0 aromatic heterocycles. The van der Waals surface area contributed by atoms with Crippen LogP contribution in [0.2, 0.25) is 0 Å². The van der Waals surface area contributed by atoms with Crippen molar-refractivity contribution < 1.29 is 32.7 Å². The number of nitrogens with zero attached hydrogens (tertiary/aromatic N) is 2. The summed E-state index contributed by atoms with van der Waals surface area (Å²) < 4.78 is 24.8. The minimum Gasteiger partial charge on any atom is -0.479 e. The van der Waals surface area contributed by atoms with E-state index in [0.717, 1.165) is 36.2 Å². The van der Waals surface area contributed by atoms with Crippen LogP contribution in [0.1, 0.15) is 72.6 Å². The van der Waals surface area contributed by atoms with E-state index in [2.05, 4.69) is 22.9 Å². The highest BCUT2D eigenvalue weighted by molar-refractivity contribution is 7.88. The van der Waals surface area contributed by atoms with Crippen molar-refractivity contribution in [3.63, 3.8) is 0 Å². The molecule has 0 spiro atoms. The van der Waals surface area contributed by atoms with Crippen LogP contribution in [0.15, 0.2) is 12.2 Å². The van der Waals surface area contributed by atoms with Gasteiger partial charge in [0, 0.05) is 32.1 Å². The van der Waals surface area contributed by atoms with E-state index >= 15 is 0 Å². The first-order valence-electron chi connectivity index (χ1n) is 14.0. The monoisotopic (exact) mass is 585 g/mol. The van der Waals surface area contributed by atoms with Gasteiger partial charge in [-0.15, -0.1) is 0 Å². The molecule has 1 heterocycles. The SMILES string of the molecule is CCCCC/C=C\C1C[C@]1(NC(=O)[C@@H]1CCCN1C(=O)CNC(=O)NC(CN(C)S(C)(=O)=O)C(C)(C)C)C(=O)O. The van der Waals surface area contributed by atoms with E-state index in [0.29, 0.717) is 25.8 Å². The van der Waals surface area contributed by atoms with Gasteiger partial charge in [-0.1, -0.05) is 52.7 Å². The van der Waals surface area contributed by atoms with Crippen molar-refractivity contribution in [3.8, 4) is 0 Å². The van der Waals surface area contributed by atoms with Gasteiger partial charge in [0.2, 0.25) is 21.8 Å². The molecule has 0 bridgehead atoms. The van der Waals surface area contributed by atoms with E-state index in [4.69, 9.17) is 0 Å². The van der Waals surface area contributed by atoms with E-state index in [1.54, 1.807) is 0 Å². The van der Waals surface area contributed by atoms with Crippen molar-refractivity contribution in [1.29, 1.82) is 0 Å².